The third-order valence-electron chi connectivity index (χ3n) is 3.93. The molecule has 2 rings (SSSR count). The number of hydrogen-bond acceptors (Lipinski definition) is 5. The highest BCUT2D eigenvalue weighted by molar-refractivity contribution is 7.90. The lowest BCUT2D eigenvalue weighted by atomic mass is 9.84. The minimum atomic E-state index is -3.74. The molecule has 0 saturated carbocycles. The van der Waals surface area contributed by atoms with E-state index in [0.29, 0.717) is 6.54 Å². The van der Waals surface area contributed by atoms with Crippen molar-refractivity contribution >= 4 is 21.2 Å². The topological polar surface area (TPSA) is 89.3 Å². The van der Waals surface area contributed by atoms with Gasteiger partial charge in [-0.15, -0.1) is 0 Å². The number of nitrogens with one attached hydrogen (secondary N) is 1. The molecule has 0 bridgehead atoms. The zero-order valence-corrected chi connectivity index (χ0v) is 14.9. The second-order valence-corrected chi connectivity index (χ2v) is 8.41. The van der Waals surface area contributed by atoms with Crippen LogP contribution in [0.2, 0.25) is 0 Å². The average Bonchev–Trinajstić information content (AvgIpc) is 2.52. The van der Waals surface area contributed by atoms with Crippen LogP contribution < -0.4 is 5.32 Å². The number of hydrogen-bond donors (Lipinski definition) is 1. The van der Waals surface area contributed by atoms with Crippen molar-refractivity contribution in [2.75, 3.05) is 18.1 Å². The van der Waals surface area contributed by atoms with Crippen molar-refractivity contribution in [1.29, 1.82) is 0 Å². The quantitative estimate of drug-likeness (QED) is 0.624. The minimum absolute atomic E-state index is 0.128. The normalized spacial score (nSPS) is 12.0. The fourth-order valence-corrected chi connectivity index (χ4v) is 3.33. The van der Waals surface area contributed by atoms with Gasteiger partial charge >= 0.3 is 5.69 Å². The van der Waals surface area contributed by atoms with E-state index in [1.54, 1.807) is 12.1 Å². The molecule has 0 saturated heterocycles. The fourth-order valence-electron chi connectivity index (χ4n) is 2.47. The summed E-state index contributed by atoms with van der Waals surface area (Å²) in [6, 6.07) is 10.1. The standard InChI is InChI=1S/C17H19FN2O4S/c1-17(2,12-7-9-13(18)10-8-12)11-19-14-5-4-6-15(25(3,23)24)16(14)20(21)22/h4-10,19H,11H2,1-3H3. The van der Waals surface area contributed by atoms with Crippen LogP contribution in [0.15, 0.2) is 47.4 Å². The van der Waals surface area contributed by atoms with E-state index in [2.05, 4.69) is 5.32 Å². The molecule has 6 nitrogen and oxygen atoms in total. The lowest BCUT2D eigenvalue weighted by molar-refractivity contribution is -0.386. The predicted molar refractivity (Wildman–Crippen MR) is 94.1 cm³/mol. The molecule has 134 valence electrons. The molecule has 0 atom stereocenters. The van der Waals surface area contributed by atoms with Crippen molar-refractivity contribution in [2.24, 2.45) is 0 Å². The summed E-state index contributed by atoms with van der Waals surface area (Å²) in [6.07, 6.45) is 0.932. The maximum atomic E-state index is 13.1. The molecule has 0 amide bonds. The summed E-state index contributed by atoms with van der Waals surface area (Å²) in [5.41, 5.74) is 0.0502. The van der Waals surface area contributed by atoms with Gasteiger partial charge in [0.2, 0.25) is 0 Å². The zero-order valence-electron chi connectivity index (χ0n) is 14.1. The molecule has 8 heteroatoms. The van der Waals surface area contributed by atoms with Gasteiger partial charge in [0, 0.05) is 18.2 Å². The maximum Gasteiger partial charge on any atom is 0.310 e. The summed E-state index contributed by atoms with van der Waals surface area (Å²) in [4.78, 5) is 10.3. The largest absolute Gasteiger partial charge is 0.379 e. The van der Waals surface area contributed by atoms with Crippen LogP contribution in [0.3, 0.4) is 0 Å². The number of nitro groups is 1. The van der Waals surface area contributed by atoms with Crippen LogP contribution in [0.4, 0.5) is 15.8 Å². The summed E-state index contributed by atoms with van der Waals surface area (Å²) >= 11 is 0. The van der Waals surface area contributed by atoms with Gasteiger partial charge in [-0.25, -0.2) is 12.8 Å². The first-order valence-electron chi connectivity index (χ1n) is 7.50. The Morgan fingerprint density at radius 3 is 2.28 bits per heavy atom. The second-order valence-electron chi connectivity index (χ2n) is 6.43. The second kappa shape index (κ2) is 6.79. The lowest BCUT2D eigenvalue weighted by Gasteiger charge is -2.26. The van der Waals surface area contributed by atoms with Crippen molar-refractivity contribution in [1.82, 2.24) is 0 Å². The average molecular weight is 366 g/mol. The van der Waals surface area contributed by atoms with Crippen molar-refractivity contribution < 1.29 is 17.7 Å². The Balaban J connectivity index is 2.34. The van der Waals surface area contributed by atoms with E-state index in [0.717, 1.165) is 11.8 Å². The van der Waals surface area contributed by atoms with E-state index >= 15 is 0 Å². The van der Waals surface area contributed by atoms with Gasteiger partial charge in [0.25, 0.3) is 0 Å². The number of nitro benzene ring substituents is 1. The van der Waals surface area contributed by atoms with E-state index < -0.39 is 25.9 Å². The van der Waals surface area contributed by atoms with Gasteiger partial charge in [-0.2, -0.15) is 0 Å². The van der Waals surface area contributed by atoms with Crippen LogP contribution in [0.1, 0.15) is 19.4 Å². The smallest absolute Gasteiger partial charge is 0.310 e. The lowest BCUT2D eigenvalue weighted by Crippen LogP contribution is -2.28. The molecule has 0 unspecified atom stereocenters. The molecule has 2 aromatic rings. The van der Waals surface area contributed by atoms with Gasteiger partial charge in [0.15, 0.2) is 9.84 Å². The summed E-state index contributed by atoms with van der Waals surface area (Å²) < 4.78 is 36.7. The van der Waals surface area contributed by atoms with Gasteiger partial charge in [-0.1, -0.05) is 32.0 Å². The number of para-hydroxylation sites is 1. The Kier molecular flexibility index (Phi) is 5.12. The highest BCUT2D eigenvalue weighted by atomic mass is 32.2. The van der Waals surface area contributed by atoms with Crippen molar-refractivity contribution in [2.45, 2.75) is 24.2 Å². The number of nitrogens with zero attached hydrogens (tertiary/aromatic N) is 1. The Hall–Kier alpha value is -2.48. The van der Waals surface area contributed by atoms with Crippen molar-refractivity contribution in [3.05, 3.63) is 64.0 Å². The molecule has 0 aliphatic carbocycles. The fraction of sp³-hybridized carbons (Fsp3) is 0.294. The number of benzene rings is 2. The number of rotatable bonds is 6. The molecule has 0 aromatic heterocycles. The monoisotopic (exact) mass is 366 g/mol. The Morgan fingerprint density at radius 1 is 1.16 bits per heavy atom. The predicted octanol–water partition coefficient (Wildman–Crippen LogP) is 3.53. The maximum absolute atomic E-state index is 13.1. The molecular formula is C17H19FN2O4S. The van der Waals surface area contributed by atoms with Gasteiger partial charge in [-0.05, 0) is 29.8 Å². The third kappa shape index (κ3) is 4.33. The highest BCUT2D eigenvalue weighted by Gasteiger charge is 2.28. The molecule has 25 heavy (non-hydrogen) atoms. The Bertz CT molecular complexity index is 893. The van der Waals surface area contributed by atoms with Crippen molar-refractivity contribution in [3.63, 3.8) is 0 Å². The number of sulfone groups is 1. The molecule has 0 fully saturated rings. The summed E-state index contributed by atoms with van der Waals surface area (Å²) in [5.74, 6) is -0.344. The van der Waals surface area contributed by atoms with Crippen molar-refractivity contribution in [3.8, 4) is 0 Å². The molecular weight excluding hydrogens is 347 g/mol. The molecule has 0 spiro atoms. The van der Waals surface area contributed by atoms with Crippen LogP contribution in [0.5, 0.6) is 0 Å². The minimum Gasteiger partial charge on any atom is -0.379 e. The first-order valence-corrected chi connectivity index (χ1v) is 9.39. The molecule has 0 aliphatic rings. The van der Waals surface area contributed by atoms with E-state index in [4.69, 9.17) is 0 Å². The first kappa shape index (κ1) is 18.9. The highest BCUT2D eigenvalue weighted by Crippen LogP contribution is 2.33. The van der Waals surface area contributed by atoms with E-state index in [1.165, 1.54) is 30.3 Å². The van der Waals surface area contributed by atoms with Gasteiger partial charge in [0.1, 0.15) is 16.4 Å². The first-order chi connectivity index (χ1) is 11.5. The Morgan fingerprint density at radius 2 is 1.76 bits per heavy atom. The van der Waals surface area contributed by atoms with Gasteiger partial charge < -0.3 is 5.32 Å². The molecule has 0 radical (unpaired) electrons. The van der Waals surface area contributed by atoms with Gasteiger partial charge in [0.05, 0.1) is 4.92 Å². The van der Waals surface area contributed by atoms with Crippen LogP contribution in [-0.2, 0) is 15.3 Å². The van der Waals surface area contributed by atoms with Gasteiger partial charge in [-0.3, -0.25) is 10.1 Å². The zero-order chi connectivity index (χ0) is 18.8. The summed E-state index contributed by atoms with van der Waals surface area (Å²) in [5, 5.41) is 14.3. The molecule has 2 aromatic carbocycles. The van der Waals surface area contributed by atoms with Crippen LogP contribution in [0.25, 0.3) is 0 Å². The third-order valence-corrected chi connectivity index (χ3v) is 5.06. The molecule has 1 N–H and O–H groups in total. The van der Waals surface area contributed by atoms with Crippen LogP contribution in [-0.4, -0.2) is 26.1 Å². The number of halogens is 1. The van der Waals surface area contributed by atoms with Crippen LogP contribution >= 0.6 is 0 Å². The van der Waals surface area contributed by atoms with E-state index in [-0.39, 0.29) is 16.4 Å². The van der Waals surface area contributed by atoms with E-state index in [1.807, 2.05) is 13.8 Å². The SMILES string of the molecule is CC(C)(CNc1cccc(S(C)(=O)=O)c1[N+](=O)[O-])c1ccc(F)cc1. The number of anilines is 1. The Labute approximate surface area is 145 Å². The molecule has 0 aliphatic heterocycles. The summed E-state index contributed by atoms with van der Waals surface area (Å²) in [6.45, 7) is 4.10. The van der Waals surface area contributed by atoms with Crippen LogP contribution in [0, 0.1) is 15.9 Å². The summed E-state index contributed by atoms with van der Waals surface area (Å²) in [7, 11) is -3.74. The molecule has 0 heterocycles. The van der Waals surface area contributed by atoms with E-state index in [9.17, 15) is 22.9 Å².